The molecule has 0 unspecified atom stereocenters. The fourth-order valence-electron chi connectivity index (χ4n) is 2.43. The van der Waals surface area contributed by atoms with Crippen LogP contribution in [0.15, 0.2) is 65.9 Å². The minimum Gasteiger partial charge on any atom is -0.387 e. The predicted molar refractivity (Wildman–Crippen MR) is 83.7 cm³/mol. The van der Waals surface area contributed by atoms with Gasteiger partial charge in [0.1, 0.15) is 0 Å². The molecule has 0 bridgehead atoms. The molecule has 2 N–H and O–H groups in total. The van der Waals surface area contributed by atoms with Gasteiger partial charge in [0.2, 0.25) is 0 Å². The Hall–Kier alpha value is -2.66. The molecule has 1 aromatic rings. The smallest absolute Gasteiger partial charge is 0.0496 e. The summed E-state index contributed by atoms with van der Waals surface area (Å²) in [4.78, 5) is 0. The quantitative estimate of drug-likeness (QED) is 0.799. The largest absolute Gasteiger partial charge is 0.387 e. The van der Waals surface area contributed by atoms with Gasteiger partial charge in [0, 0.05) is 29.9 Å². The SMILES string of the molecule is C#Cc1cccc(C2=C(C3=CCNC=C3)C=CCN2)c1. The second-order valence-electron chi connectivity index (χ2n) is 4.70. The van der Waals surface area contributed by atoms with Crippen molar-refractivity contribution in [3.05, 3.63) is 77.0 Å². The van der Waals surface area contributed by atoms with Crippen LogP contribution in [-0.4, -0.2) is 13.1 Å². The van der Waals surface area contributed by atoms with E-state index in [1.807, 2.05) is 24.4 Å². The molecule has 0 radical (unpaired) electrons. The van der Waals surface area contributed by atoms with Crippen LogP contribution in [0.1, 0.15) is 11.1 Å². The van der Waals surface area contributed by atoms with E-state index >= 15 is 0 Å². The van der Waals surface area contributed by atoms with Gasteiger partial charge >= 0.3 is 0 Å². The first-order valence-corrected chi connectivity index (χ1v) is 6.71. The molecule has 0 saturated heterocycles. The Morgan fingerprint density at radius 3 is 2.90 bits per heavy atom. The van der Waals surface area contributed by atoms with Crippen LogP contribution in [-0.2, 0) is 0 Å². The average molecular weight is 260 g/mol. The first-order valence-electron chi connectivity index (χ1n) is 6.71. The van der Waals surface area contributed by atoms with E-state index in [1.54, 1.807) is 0 Å². The Balaban J connectivity index is 2.09. The predicted octanol–water partition coefficient (Wildman–Crippen LogP) is 2.58. The number of benzene rings is 1. The van der Waals surface area contributed by atoms with E-state index in [1.165, 1.54) is 11.1 Å². The second kappa shape index (κ2) is 5.54. The number of terminal acetylenes is 1. The minimum atomic E-state index is 0.842. The van der Waals surface area contributed by atoms with Crippen LogP contribution >= 0.6 is 0 Å². The standard InChI is InChI=1S/C18H16N2/c1-2-14-5-3-6-16(13-14)18-17(7-4-10-20-18)15-8-11-19-12-9-15/h1,3-9,11,13,19-20H,10,12H2. The number of nitrogens with one attached hydrogen (secondary N) is 2. The Labute approximate surface area is 119 Å². The van der Waals surface area contributed by atoms with Gasteiger partial charge in [-0.3, -0.25) is 0 Å². The molecule has 2 nitrogen and oxygen atoms in total. The molecule has 0 fully saturated rings. The van der Waals surface area contributed by atoms with Crippen LogP contribution in [0.5, 0.6) is 0 Å². The summed E-state index contributed by atoms with van der Waals surface area (Å²) in [6.07, 6.45) is 16.1. The molecular formula is C18H16N2. The summed E-state index contributed by atoms with van der Waals surface area (Å²) in [6, 6.07) is 8.09. The average Bonchev–Trinajstić information content (AvgIpc) is 2.56. The number of hydrogen-bond donors (Lipinski definition) is 2. The summed E-state index contributed by atoms with van der Waals surface area (Å²) in [5.74, 6) is 2.69. The third kappa shape index (κ3) is 2.39. The zero-order valence-electron chi connectivity index (χ0n) is 11.2. The second-order valence-corrected chi connectivity index (χ2v) is 4.70. The van der Waals surface area contributed by atoms with Gasteiger partial charge in [-0.25, -0.2) is 0 Å². The molecule has 3 rings (SSSR count). The first kappa shape index (κ1) is 12.4. The summed E-state index contributed by atoms with van der Waals surface area (Å²) in [7, 11) is 0. The van der Waals surface area contributed by atoms with E-state index in [4.69, 9.17) is 6.42 Å². The van der Waals surface area contributed by atoms with Crippen LogP contribution in [0.2, 0.25) is 0 Å². The fourth-order valence-corrected chi connectivity index (χ4v) is 2.43. The van der Waals surface area contributed by atoms with Gasteiger partial charge in [-0.05, 0) is 35.5 Å². The van der Waals surface area contributed by atoms with E-state index in [0.29, 0.717) is 0 Å². The molecule has 0 spiro atoms. The molecule has 0 saturated carbocycles. The van der Waals surface area contributed by atoms with Crippen LogP contribution < -0.4 is 10.6 Å². The third-order valence-corrected chi connectivity index (χ3v) is 3.40. The highest BCUT2D eigenvalue weighted by Crippen LogP contribution is 2.27. The molecule has 0 aromatic heterocycles. The summed E-state index contributed by atoms with van der Waals surface area (Å²) in [5.41, 5.74) is 5.62. The van der Waals surface area contributed by atoms with Gasteiger partial charge in [-0.2, -0.15) is 0 Å². The zero-order valence-corrected chi connectivity index (χ0v) is 11.2. The zero-order chi connectivity index (χ0) is 13.8. The molecule has 0 atom stereocenters. The van der Waals surface area contributed by atoms with Crippen LogP contribution in [0.25, 0.3) is 5.70 Å². The van der Waals surface area contributed by atoms with Crippen molar-refractivity contribution in [2.45, 2.75) is 0 Å². The van der Waals surface area contributed by atoms with Crippen molar-refractivity contribution in [1.29, 1.82) is 0 Å². The number of hydrogen-bond acceptors (Lipinski definition) is 2. The molecule has 2 heteroatoms. The lowest BCUT2D eigenvalue weighted by Crippen LogP contribution is -2.19. The number of rotatable bonds is 2. The van der Waals surface area contributed by atoms with Crippen molar-refractivity contribution in [3.63, 3.8) is 0 Å². The lowest BCUT2D eigenvalue weighted by Gasteiger charge is -2.21. The van der Waals surface area contributed by atoms with Gasteiger partial charge in [-0.15, -0.1) is 6.42 Å². The summed E-state index contributed by atoms with van der Waals surface area (Å²) in [5, 5.41) is 6.64. The van der Waals surface area contributed by atoms with Gasteiger partial charge in [-0.1, -0.05) is 36.3 Å². The van der Waals surface area contributed by atoms with E-state index < -0.39 is 0 Å². The van der Waals surface area contributed by atoms with E-state index in [-0.39, 0.29) is 0 Å². The maximum Gasteiger partial charge on any atom is 0.0496 e. The Morgan fingerprint density at radius 2 is 2.10 bits per heavy atom. The van der Waals surface area contributed by atoms with Crippen molar-refractivity contribution < 1.29 is 0 Å². The molecule has 2 aliphatic rings. The first-order chi connectivity index (χ1) is 9.88. The number of dihydropyridines is 2. The van der Waals surface area contributed by atoms with E-state index in [2.05, 4.69) is 46.9 Å². The maximum absolute atomic E-state index is 5.49. The molecular weight excluding hydrogens is 244 g/mol. The van der Waals surface area contributed by atoms with Crippen LogP contribution in [0.3, 0.4) is 0 Å². The lowest BCUT2D eigenvalue weighted by molar-refractivity contribution is 0.951. The highest BCUT2D eigenvalue weighted by atomic mass is 14.9. The fraction of sp³-hybridized carbons (Fsp3) is 0.111. The molecule has 2 heterocycles. The summed E-state index contributed by atoms with van der Waals surface area (Å²) >= 11 is 0. The van der Waals surface area contributed by atoms with Gasteiger partial charge < -0.3 is 10.6 Å². The van der Waals surface area contributed by atoms with Gasteiger partial charge in [0.05, 0.1) is 0 Å². The number of allylic oxidation sites excluding steroid dienone is 4. The highest BCUT2D eigenvalue weighted by Gasteiger charge is 2.13. The minimum absolute atomic E-state index is 0.842. The highest BCUT2D eigenvalue weighted by molar-refractivity contribution is 5.77. The topological polar surface area (TPSA) is 24.1 Å². The summed E-state index contributed by atoms with van der Waals surface area (Å²) in [6.45, 7) is 1.70. The van der Waals surface area contributed by atoms with Crippen LogP contribution in [0.4, 0.5) is 0 Å². The van der Waals surface area contributed by atoms with Gasteiger partial charge in [0.25, 0.3) is 0 Å². The van der Waals surface area contributed by atoms with E-state index in [0.717, 1.165) is 29.9 Å². The normalized spacial score (nSPS) is 17.1. The molecule has 1 aromatic carbocycles. The van der Waals surface area contributed by atoms with Crippen molar-refractivity contribution in [3.8, 4) is 12.3 Å². The monoisotopic (exact) mass is 260 g/mol. The molecule has 98 valence electrons. The lowest BCUT2D eigenvalue weighted by atomic mass is 9.95. The van der Waals surface area contributed by atoms with Gasteiger partial charge in [0.15, 0.2) is 0 Å². The Morgan fingerprint density at radius 1 is 1.15 bits per heavy atom. The molecule has 20 heavy (non-hydrogen) atoms. The van der Waals surface area contributed by atoms with Crippen LogP contribution in [0, 0.1) is 12.3 Å². The molecule has 0 amide bonds. The van der Waals surface area contributed by atoms with Crippen molar-refractivity contribution >= 4 is 5.70 Å². The van der Waals surface area contributed by atoms with Crippen molar-refractivity contribution in [2.75, 3.05) is 13.1 Å². The maximum atomic E-state index is 5.49. The van der Waals surface area contributed by atoms with Crippen molar-refractivity contribution in [1.82, 2.24) is 10.6 Å². The third-order valence-electron chi connectivity index (χ3n) is 3.40. The Bertz CT molecular complexity index is 682. The molecule has 0 aliphatic carbocycles. The van der Waals surface area contributed by atoms with Crippen molar-refractivity contribution in [2.24, 2.45) is 0 Å². The Kier molecular flexibility index (Phi) is 3.43. The summed E-state index contributed by atoms with van der Waals surface area (Å²) < 4.78 is 0. The van der Waals surface area contributed by atoms with E-state index in [9.17, 15) is 0 Å². The molecule has 2 aliphatic heterocycles.